The summed E-state index contributed by atoms with van der Waals surface area (Å²) >= 11 is 1.03. The van der Waals surface area contributed by atoms with Crippen LogP contribution in [0.3, 0.4) is 0 Å². The highest BCUT2D eigenvalue weighted by Gasteiger charge is 2.04. The van der Waals surface area contributed by atoms with E-state index >= 15 is 0 Å². The number of fused-ring (bicyclic) bond motifs is 1. The van der Waals surface area contributed by atoms with Crippen molar-refractivity contribution in [2.75, 3.05) is 0 Å². The topological polar surface area (TPSA) is 56.7 Å². The number of rotatable bonds is 4. The SMILES string of the molecule is Cc1ncnc2c1ccn2C/C=C/c1ccc(SN)cc1F. The van der Waals surface area contributed by atoms with Crippen LogP contribution in [0.5, 0.6) is 0 Å². The van der Waals surface area contributed by atoms with Crippen LogP contribution < -0.4 is 5.14 Å². The lowest BCUT2D eigenvalue weighted by atomic mass is 10.2. The van der Waals surface area contributed by atoms with Gasteiger partial charge in [0.15, 0.2) is 0 Å². The molecule has 6 heteroatoms. The van der Waals surface area contributed by atoms with Gasteiger partial charge in [-0.2, -0.15) is 0 Å². The molecule has 22 heavy (non-hydrogen) atoms. The predicted octanol–water partition coefficient (Wildman–Crippen LogP) is 3.56. The van der Waals surface area contributed by atoms with Crippen molar-refractivity contribution in [3.05, 3.63) is 59.9 Å². The molecule has 0 aliphatic heterocycles. The number of aryl methyl sites for hydroxylation is 1. The zero-order valence-electron chi connectivity index (χ0n) is 12.0. The molecule has 0 aliphatic rings. The highest BCUT2D eigenvalue weighted by atomic mass is 32.2. The third kappa shape index (κ3) is 2.88. The number of hydrogen-bond donors (Lipinski definition) is 1. The monoisotopic (exact) mass is 314 g/mol. The van der Waals surface area contributed by atoms with Gasteiger partial charge >= 0.3 is 0 Å². The smallest absolute Gasteiger partial charge is 0.143 e. The minimum Gasteiger partial charge on any atom is -0.329 e. The van der Waals surface area contributed by atoms with Gasteiger partial charge in [-0.15, -0.1) is 0 Å². The Morgan fingerprint density at radius 2 is 2.18 bits per heavy atom. The molecule has 2 aromatic heterocycles. The maximum atomic E-state index is 13.9. The van der Waals surface area contributed by atoms with E-state index in [4.69, 9.17) is 5.14 Å². The maximum absolute atomic E-state index is 13.9. The fourth-order valence-corrected chi connectivity index (χ4v) is 2.61. The number of nitrogens with two attached hydrogens (primary N) is 1. The molecular weight excluding hydrogens is 299 g/mol. The Kier molecular flexibility index (Phi) is 4.22. The molecule has 2 heterocycles. The number of aromatic nitrogens is 3. The third-order valence-electron chi connectivity index (χ3n) is 3.46. The molecule has 0 amide bonds. The lowest BCUT2D eigenvalue weighted by Crippen LogP contribution is -1.96. The van der Waals surface area contributed by atoms with Gasteiger partial charge in [-0.25, -0.2) is 14.4 Å². The average molecular weight is 314 g/mol. The van der Waals surface area contributed by atoms with Crippen LogP contribution in [0.15, 0.2) is 47.8 Å². The predicted molar refractivity (Wildman–Crippen MR) is 87.7 cm³/mol. The number of allylic oxidation sites excluding steroid dienone is 1. The minimum atomic E-state index is -0.276. The molecule has 0 fully saturated rings. The van der Waals surface area contributed by atoms with Gasteiger partial charge in [0.05, 0.1) is 5.69 Å². The van der Waals surface area contributed by atoms with Crippen LogP contribution in [0.1, 0.15) is 11.3 Å². The van der Waals surface area contributed by atoms with Crippen LogP contribution in [0.2, 0.25) is 0 Å². The van der Waals surface area contributed by atoms with E-state index in [1.807, 2.05) is 29.8 Å². The van der Waals surface area contributed by atoms with Gasteiger partial charge < -0.3 is 4.57 Å². The first-order valence-corrected chi connectivity index (χ1v) is 7.66. The van der Waals surface area contributed by atoms with Crippen LogP contribution in [-0.4, -0.2) is 14.5 Å². The Morgan fingerprint density at radius 3 is 2.95 bits per heavy atom. The van der Waals surface area contributed by atoms with Crippen molar-refractivity contribution in [1.82, 2.24) is 14.5 Å². The molecular formula is C16H15FN4S. The number of halogens is 1. The summed E-state index contributed by atoms with van der Waals surface area (Å²) in [5.41, 5.74) is 2.38. The first-order chi connectivity index (χ1) is 10.7. The van der Waals surface area contributed by atoms with Gasteiger partial charge in [0, 0.05) is 28.6 Å². The van der Waals surface area contributed by atoms with E-state index in [-0.39, 0.29) is 5.82 Å². The molecule has 0 spiro atoms. The first-order valence-electron chi connectivity index (χ1n) is 6.78. The van der Waals surface area contributed by atoms with E-state index in [0.717, 1.165) is 28.7 Å². The third-order valence-corrected chi connectivity index (χ3v) is 3.99. The van der Waals surface area contributed by atoms with E-state index < -0.39 is 0 Å². The van der Waals surface area contributed by atoms with Crippen molar-refractivity contribution in [2.45, 2.75) is 18.4 Å². The van der Waals surface area contributed by atoms with Crippen LogP contribution in [-0.2, 0) is 6.54 Å². The van der Waals surface area contributed by atoms with E-state index in [2.05, 4.69) is 9.97 Å². The Hall–Kier alpha value is -2.18. The zero-order chi connectivity index (χ0) is 15.5. The summed E-state index contributed by atoms with van der Waals surface area (Å²) in [7, 11) is 0. The van der Waals surface area contributed by atoms with Gasteiger partial charge in [-0.1, -0.05) is 18.2 Å². The van der Waals surface area contributed by atoms with Gasteiger partial charge in [-0.3, -0.25) is 5.14 Å². The summed E-state index contributed by atoms with van der Waals surface area (Å²) in [6.07, 6.45) is 7.19. The van der Waals surface area contributed by atoms with E-state index in [0.29, 0.717) is 17.0 Å². The number of hydrogen-bond acceptors (Lipinski definition) is 4. The van der Waals surface area contributed by atoms with Crippen molar-refractivity contribution in [3.8, 4) is 0 Å². The summed E-state index contributed by atoms with van der Waals surface area (Å²) in [5, 5.41) is 6.45. The summed E-state index contributed by atoms with van der Waals surface area (Å²) in [5.74, 6) is -0.276. The summed E-state index contributed by atoms with van der Waals surface area (Å²) in [6, 6.07) is 6.95. The fraction of sp³-hybridized carbons (Fsp3) is 0.125. The molecule has 0 atom stereocenters. The molecule has 0 aliphatic carbocycles. The largest absolute Gasteiger partial charge is 0.329 e. The minimum absolute atomic E-state index is 0.276. The maximum Gasteiger partial charge on any atom is 0.143 e. The molecule has 3 rings (SSSR count). The van der Waals surface area contributed by atoms with Crippen LogP contribution in [0, 0.1) is 12.7 Å². The van der Waals surface area contributed by atoms with Gasteiger partial charge in [0.25, 0.3) is 0 Å². The fourth-order valence-electron chi connectivity index (χ4n) is 2.29. The lowest BCUT2D eigenvalue weighted by molar-refractivity contribution is 0.621. The Labute approximate surface area is 132 Å². The quantitative estimate of drug-likeness (QED) is 0.748. The Bertz CT molecular complexity index is 841. The lowest BCUT2D eigenvalue weighted by Gasteiger charge is -2.02. The van der Waals surface area contributed by atoms with E-state index in [1.54, 1.807) is 24.5 Å². The van der Waals surface area contributed by atoms with Gasteiger partial charge in [0.2, 0.25) is 0 Å². The molecule has 0 saturated heterocycles. The van der Waals surface area contributed by atoms with Crippen molar-refractivity contribution in [2.24, 2.45) is 5.14 Å². The molecule has 1 aromatic carbocycles. The molecule has 0 saturated carbocycles. The standard InChI is InChI=1S/C16H15FN4S/c1-11-14-6-8-21(16(14)20-10-19-11)7-2-3-12-4-5-13(22-18)9-15(12)17/h2-6,8-10H,7,18H2,1H3/b3-2+. The summed E-state index contributed by atoms with van der Waals surface area (Å²) in [4.78, 5) is 9.17. The normalized spacial score (nSPS) is 11.6. The average Bonchev–Trinajstić information content (AvgIpc) is 2.93. The molecule has 112 valence electrons. The van der Waals surface area contributed by atoms with Gasteiger partial charge in [-0.05, 0) is 37.1 Å². The van der Waals surface area contributed by atoms with Gasteiger partial charge in [0.1, 0.15) is 17.8 Å². The second-order valence-electron chi connectivity index (χ2n) is 4.87. The molecule has 0 unspecified atom stereocenters. The molecule has 0 bridgehead atoms. The van der Waals surface area contributed by atoms with Crippen molar-refractivity contribution < 1.29 is 4.39 Å². The van der Waals surface area contributed by atoms with Crippen molar-refractivity contribution in [1.29, 1.82) is 0 Å². The van der Waals surface area contributed by atoms with Crippen LogP contribution >= 0.6 is 11.9 Å². The second kappa shape index (κ2) is 6.29. The highest BCUT2D eigenvalue weighted by Crippen LogP contribution is 2.18. The van der Waals surface area contributed by atoms with E-state index in [1.165, 1.54) is 6.07 Å². The Morgan fingerprint density at radius 1 is 1.32 bits per heavy atom. The van der Waals surface area contributed by atoms with Crippen LogP contribution in [0.4, 0.5) is 4.39 Å². The van der Waals surface area contributed by atoms with Crippen LogP contribution in [0.25, 0.3) is 17.1 Å². The van der Waals surface area contributed by atoms with Crippen molar-refractivity contribution >= 4 is 29.1 Å². The molecule has 2 N–H and O–H groups in total. The number of benzene rings is 1. The molecule has 0 radical (unpaired) electrons. The molecule has 3 aromatic rings. The Balaban J connectivity index is 1.80. The number of nitrogens with zero attached hydrogens (tertiary/aromatic N) is 3. The van der Waals surface area contributed by atoms with E-state index in [9.17, 15) is 4.39 Å². The first kappa shape index (κ1) is 14.7. The van der Waals surface area contributed by atoms with Crippen molar-refractivity contribution in [3.63, 3.8) is 0 Å². The summed E-state index contributed by atoms with van der Waals surface area (Å²) < 4.78 is 15.9. The zero-order valence-corrected chi connectivity index (χ0v) is 12.8. The second-order valence-corrected chi connectivity index (χ2v) is 5.58. The molecule has 4 nitrogen and oxygen atoms in total. The highest BCUT2D eigenvalue weighted by molar-refractivity contribution is 7.97. The summed E-state index contributed by atoms with van der Waals surface area (Å²) in [6.45, 7) is 2.57.